The number of benzene rings is 2. The van der Waals surface area contributed by atoms with Crippen molar-refractivity contribution in [1.82, 2.24) is 9.29 Å². The summed E-state index contributed by atoms with van der Waals surface area (Å²) in [6, 6.07) is 10.3. The number of hydrogen-bond acceptors (Lipinski definition) is 5. The Morgan fingerprint density at radius 3 is 2.55 bits per heavy atom. The first-order valence-corrected chi connectivity index (χ1v) is 12.6. The molecule has 2 aromatic carbocycles. The summed E-state index contributed by atoms with van der Waals surface area (Å²) < 4.78 is 27.1. The highest BCUT2D eigenvalue weighted by Gasteiger charge is 2.28. The van der Waals surface area contributed by atoms with Gasteiger partial charge in [-0.05, 0) is 62.1 Å². The summed E-state index contributed by atoms with van der Waals surface area (Å²) in [5.41, 5.74) is 4.20. The third-order valence-corrected chi connectivity index (χ3v) is 8.39. The quantitative estimate of drug-likeness (QED) is 0.555. The molecule has 0 atom stereocenters. The van der Waals surface area contributed by atoms with Gasteiger partial charge < -0.3 is 0 Å². The van der Waals surface area contributed by atoms with Crippen LogP contribution >= 0.6 is 22.9 Å². The van der Waals surface area contributed by atoms with Crippen LogP contribution in [0.15, 0.2) is 46.7 Å². The van der Waals surface area contributed by atoms with Crippen LogP contribution in [-0.2, 0) is 10.0 Å². The van der Waals surface area contributed by atoms with Gasteiger partial charge in [0.15, 0.2) is 5.13 Å². The minimum atomic E-state index is -3.64. The average Bonchev–Trinajstić information content (AvgIpc) is 3.43. The van der Waals surface area contributed by atoms with Crippen molar-refractivity contribution >= 4 is 44.0 Å². The molecule has 0 radical (unpaired) electrons. The summed E-state index contributed by atoms with van der Waals surface area (Å²) in [4.78, 5) is 17.4. The number of thiazole rings is 1. The molecule has 6 nitrogen and oxygen atoms in total. The van der Waals surface area contributed by atoms with Crippen molar-refractivity contribution in [3.05, 3.63) is 63.5 Å². The Bertz CT molecular complexity index is 1250. The number of sulfonamides is 1. The molecule has 0 spiro atoms. The fourth-order valence-electron chi connectivity index (χ4n) is 3.45. The predicted octanol–water partition coefficient (Wildman–Crippen LogP) is 5.12. The Morgan fingerprint density at radius 1 is 1.10 bits per heavy atom. The van der Waals surface area contributed by atoms with Crippen LogP contribution in [0.3, 0.4) is 0 Å². The Balaban J connectivity index is 1.56. The lowest BCUT2D eigenvalue weighted by molar-refractivity contribution is 0.102. The van der Waals surface area contributed by atoms with E-state index in [1.807, 2.05) is 31.4 Å². The number of amides is 1. The van der Waals surface area contributed by atoms with Gasteiger partial charge in [0.2, 0.25) is 10.0 Å². The third kappa shape index (κ3) is 4.52. The fraction of sp³-hybridized carbons (Fsp3) is 0.273. The molecule has 1 fully saturated rings. The second kappa shape index (κ2) is 8.70. The van der Waals surface area contributed by atoms with Gasteiger partial charge in [-0.1, -0.05) is 23.7 Å². The average molecular weight is 476 g/mol. The van der Waals surface area contributed by atoms with Crippen molar-refractivity contribution in [2.75, 3.05) is 18.4 Å². The number of aryl methyl sites for hydroxylation is 2. The summed E-state index contributed by atoms with van der Waals surface area (Å²) in [7, 11) is -3.64. The molecule has 2 heterocycles. The van der Waals surface area contributed by atoms with Crippen LogP contribution < -0.4 is 5.32 Å². The van der Waals surface area contributed by atoms with Gasteiger partial charge in [0.1, 0.15) is 0 Å². The molecule has 0 bridgehead atoms. The van der Waals surface area contributed by atoms with Crippen LogP contribution in [0.5, 0.6) is 0 Å². The van der Waals surface area contributed by atoms with E-state index in [0.717, 1.165) is 24.1 Å². The van der Waals surface area contributed by atoms with Gasteiger partial charge in [0.25, 0.3) is 5.91 Å². The third-order valence-electron chi connectivity index (χ3n) is 5.41. The molecule has 0 saturated carbocycles. The Labute approximate surface area is 190 Å². The van der Waals surface area contributed by atoms with E-state index in [2.05, 4.69) is 16.4 Å². The normalized spacial score (nSPS) is 14.7. The van der Waals surface area contributed by atoms with Crippen LogP contribution in [0.25, 0.3) is 11.3 Å². The molecule has 9 heteroatoms. The van der Waals surface area contributed by atoms with Gasteiger partial charge in [-0.3, -0.25) is 10.1 Å². The lowest BCUT2D eigenvalue weighted by Crippen LogP contribution is -2.28. The zero-order valence-electron chi connectivity index (χ0n) is 17.2. The maximum Gasteiger partial charge on any atom is 0.259 e. The van der Waals surface area contributed by atoms with E-state index < -0.39 is 15.9 Å². The number of halogens is 1. The van der Waals surface area contributed by atoms with Crippen molar-refractivity contribution in [2.45, 2.75) is 31.6 Å². The first-order valence-electron chi connectivity index (χ1n) is 9.90. The SMILES string of the molecule is Cc1ccc(-c2csc(NC(=O)c3cc(S(=O)(=O)N4CCCC4)ccc3Cl)n2)cc1C. The molecular formula is C22H22ClN3O3S2. The summed E-state index contributed by atoms with van der Waals surface area (Å²) in [5, 5.41) is 5.21. The summed E-state index contributed by atoms with van der Waals surface area (Å²) in [6.45, 7) is 5.08. The smallest absolute Gasteiger partial charge is 0.259 e. The van der Waals surface area contributed by atoms with Crippen LogP contribution in [0, 0.1) is 13.8 Å². The van der Waals surface area contributed by atoms with Crippen molar-refractivity contribution in [3.63, 3.8) is 0 Å². The summed E-state index contributed by atoms with van der Waals surface area (Å²) in [5.74, 6) is -0.496. The molecule has 162 valence electrons. The maximum atomic E-state index is 12.8. The molecule has 1 saturated heterocycles. The molecule has 31 heavy (non-hydrogen) atoms. The minimum Gasteiger partial charge on any atom is -0.298 e. The Kier molecular flexibility index (Phi) is 6.16. The molecule has 1 amide bonds. The monoisotopic (exact) mass is 475 g/mol. The van der Waals surface area contributed by atoms with E-state index in [1.165, 1.54) is 45.0 Å². The van der Waals surface area contributed by atoms with Crippen LogP contribution in [0.1, 0.15) is 34.3 Å². The first-order chi connectivity index (χ1) is 14.8. The molecular weight excluding hydrogens is 454 g/mol. The Hall–Kier alpha value is -2.26. The standard InChI is InChI=1S/C22H22ClN3O3S2/c1-14-5-6-16(11-15(14)2)20-13-30-22(24-20)25-21(27)18-12-17(7-8-19(18)23)31(28,29)26-9-3-4-10-26/h5-8,11-13H,3-4,9-10H2,1-2H3,(H,24,25,27). The van der Waals surface area contributed by atoms with Gasteiger partial charge in [-0.2, -0.15) is 4.31 Å². The number of anilines is 1. The summed E-state index contributed by atoms with van der Waals surface area (Å²) in [6.07, 6.45) is 1.68. The van der Waals surface area contributed by atoms with E-state index in [-0.39, 0.29) is 15.5 Å². The lowest BCUT2D eigenvalue weighted by Gasteiger charge is -2.16. The molecule has 0 aliphatic carbocycles. The number of nitrogens with one attached hydrogen (secondary N) is 1. The zero-order valence-corrected chi connectivity index (χ0v) is 19.6. The second-order valence-corrected chi connectivity index (χ2v) is 10.7. The van der Waals surface area contributed by atoms with Gasteiger partial charge in [-0.15, -0.1) is 11.3 Å². The lowest BCUT2D eigenvalue weighted by atomic mass is 10.1. The molecule has 1 aliphatic heterocycles. The van der Waals surface area contributed by atoms with Gasteiger partial charge in [0.05, 0.1) is 21.2 Å². The van der Waals surface area contributed by atoms with E-state index in [1.54, 1.807) is 0 Å². The highest BCUT2D eigenvalue weighted by Crippen LogP contribution is 2.29. The zero-order chi connectivity index (χ0) is 22.2. The molecule has 1 aromatic heterocycles. The number of nitrogens with zero attached hydrogens (tertiary/aromatic N) is 2. The first kappa shape index (κ1) is 22.0. The van der Waals surface area contributed by atoms with Gasteiger partial charge in [-0.25, -0.2) is 13.4 Å². The van der Waals surface area contributed by atoms with E-state index in [0.29, 0.717) is 18.2 Å². The second-order valence-electron chi connectivity index (χ2n) is 7.54. The number of aromatic nitrogens is 1. The van der Waals surface area contributed by atoms with E-state index in [9.17, 15) is 13.2 Å². The highest BCUT2D eigenvalue weighted by atomic mass is 35.5. The largest absolute Gasteiger partial charge is 0.298 e. The van der Waals surface area contributed by atoms with Crippen LogP contribution in [0.4, 0.5) is 5.13 Å². The molecule has 4 rings (SSSR count). The number of carbonyl (C=O) groups is 1. The van der Waals surface area contributed by atoms with E-state index in [4.69, 9.17) is 11.6 Å². The van der Waals surface area contributed by atoms with Gasteiger partial charge in [0, 0.05) is 24.0 Å². The number of hydrogen-bond donors (Lipinski definition) is 1. The molecule has 1 aliphatic rings. The van der Waals surface area contributed by atoms with Gasteiger partial charge >= 0.3 is 0 Å². The minimum absolute atomic E-state index is 0.0684. The molecule has 1 N–H and O–H groups in total. The van der Waals surface area contributed by atoms with Crippen LogP contribution in [0.2, 0.25) is 5.02 Å². The van der Waals surface area contributed by atoms with Crippen molar-refractivity contribution < 1.29 is 13.2 Å². The maximum absolute atomic E-state index is 12.8. The van der Waals surface area contributed by atoms with Crippen molar-refractivity contribution in [3.8, 4) is 11.3 Å². The van der Waals surface area contributed by atoms with Crippen LogP contribution in [-0.4, -0.2) is 36.7 Å². The number of rotatable bonds is 5. The predicted molar refractivity (Wildman–Crippen MR) is 124 cm³/mol. The van der Waals surface area contributed by atoms with Crippen molar-refractivity contribution in [2.24, 2.45) is 0 Å². The van der Waals surface area contributed by atoms with E-state index >= 15 is 0 Å². The Morgan fingerprint density at radius 2 is 1.84 bits per heavy atom. The van der Waals surface area contributed by atoms with Crippen molar-refractivity contribution in [1.29, 1.82) is 0 Å². The molecule has 3 aromatic rings. The molecule has 0 unspecified atom stereocenters. The summed E-state index contributed by atoms with van der Waals surface area (Å²) >= 11 is 7.51. The number of carbonyl (C=O) groups excluding carboxylic acids is 1. The fourth-order valence-corrected chi connectivity index (χ4v) is 5.91. The topological polar surface area (TPSA) is 79.4 Å². The highest BCUT2D eigenvalue weighted by molar-refractivity contribution is 7.89.